The molecule has 2 N–H and O–H groups in total. The van der Waals surface area contributed by atoms with Crippen LogP contribution in [-0.4, -0.2) is 51.9 Å². The number of benzene rings is 2. The van der Waals surface area contributed by atoms with Gasteiger partial charge in [0.05, 0.1) is 11.4 Å². The Labute approximate surface area is 211 Å². The van der Waals surface area contributed by atoms with Gasteiger partial charge in [0.2, 0.25) is 11.9 Å². The summed E-state index contributed by atoms with van der Waals surface area (Å²) in [6.07, 6.45) is 1.83. The minimum absolute atomic E-state index is 0.0936. The molecule has 4 aromatic rings. The molecule has 180 valence electrons. The van der Waals surface area contributed by atoms with Crippen molar-refractivity contribution >= 4 is 51.0 Å². The van der Waals surface area contributed by atoms with E-state index in [2.05, 4.69) is 14.9 Å². The summed E-state index contributed by atoms with van der Waals surface area (Å²) >= 11 is 7.44. The summed E-state index contributed by atoms with van der Waals surface area (Å²) in [5, 5.41) is 1.59. The van der Waals surface area contributed by atoms with Crippen LogP contribution in [-0.2, 0) is 24.1 Å². The van der Waals surface area contributed by atoms with E-state index < -0.39 is 0 Å². The van der Waals surface area contributed by atoms with Crippen molar-refractivity contribution in [3.05, 3.63) is 75.5 Å². The molecule has 3 heterocycles. The number of anilines is 2. The van der Waals surface area contributed by atoms with Gasteiger partial charge in [-0.1, -0.05) is 47.2 Å². The van der Waals surface area contributed by atoms with Crippen molar-refractivity contribution in [3.63, 3.8) is 0 Å². The van der Waals surface area contributed by atoms with Gasteiger partial charge in [0.15, 0.2) is 10.6 Å². The third-order valence-corrected chi connectivity index (χ3v) is 7.30. The number of carbonyl (C=O) groups excluding carboxylic acids is 1. The standard InChI is InChI=1S/C25H24ClFN6OS/c26-18-6-1-17(2-7-18)15-21(34)32-11-13-33(14-12-32)23-22-24(31-25(28)30-23)35-20(29-22)10-5-16-3-8-19(27)9-4-16/h1-4,6-9H,5,10-15H2,(H2,28,30,31). The zero-order valence-electron chi connectivity index (χ0n) is 19.0. The average molecular weight is 511 g/mol. The second kappa shape index (κ2) is 10.1. The predicted molar refractivity (Wildman–Crippen MR) is 137 cm³/mol. The summed E-state index contributed by atoms with van der Waals surface area (Å²) in [6.45, 7) is 2.47. The Balaban J connectivity index is 1.26. The van der Waals surface area contributed by atoms with E-state index in [0.29, 0.717) is 43.4 Å². The molecule has 7 nitrogen and oxygen atoms in total. The first kappa shape index (κ1) is 23.4. The van der Waals surface area contributed by atoms with E-state index in [1.54, 1.807) is 24.3 Å². The van der Waals surface area contributed by atoms with Crippen molar-refractivity contribution in [2.24, 2.45) is 0 Å². The molecule has 10 heteroatoms. The fourth-order valence-corrected chi connectivity index (χ4v) is 5.22. The number of fused-ring (bicyclic) bond motifs is 1. The number of amides is 1. The van der Waals surface area contributed by atoms with Crippen molar-refractivity contribution in [2.45, 2.75) is 19.3 Å². The summed E-state index contributed by atoms with van der Waals surface area (Å²) in [4.78, 5) is 31.2. The zero-order chi connectivity index (χ0) is 24.4. The molecule has 1 fully saturated rings. The molecule has 0 atom stereocenters. The molecule has 1 aliphatic rings. The Morgan fingerprint density at radius 1 is 0.943 bits per heavy atom. The molecular weight excluding hydrogens is 487 g/mol. The molecule has 2 aromatic heterocycles. The van der Waals surface area contributed by atoms with Gasteiger partial charge >= 0.3 is 0 Å². The van der Waals surface area contributed by atoms with Crippen LogP contribution in [0.2, 0.25) is 5.02 Å². The fourth-order valence-electron chi connectivity index (χ4n) is 4.15. The smallest absolute Gasteiger partial charge is 0.227 e. The van der Waals surface area contributed by atoms with Crippen molar-refractivity contribution in [1.82, 2.24) is 19.9 Å². The summed E-state index contributed by atoms with van der Waals surface area (Å²) in [5.74, 6) is 0.774. The van der Waals surface area contributed by atoms with Gasteiger partial charge in [-0.3, -0.25) is 4.79 Å². The lowest BCUT2D eigenvalue weighted by molar-refractivity contribution is -0.130. The Hall–Kier alpha value is -3.30. The molecule has 5 rings (SSSR count). The molecule has 1 saturated heterocycles. The van der Waals surface area contributed by atoms with Gasteiger partial charge in [0.1, 0.15) is 11.3 Å². The van der Waals surface area contributed by atoms with E-state index in [-0.39, 0.29) is 17.7 Å². The highest BCUT2D eigenvalue weighted by Gasteiger charge is 2.25. The zero-order valence-corrected chi connectivity index (χ0v) is 20.5. The number of thiazole rings is 1. The number of rotatable bonds is 6. The topological polar surface area (TPSA) is 88.2 Å². The summed E-state index contributed by atoms with van der Waals surface area (Å²) in [5.41, 5.74) is 8.75. The van der Waals surface area contributed by atoms with Gasteiger partial charge in [-0.2, -0.15) is 4.98 Å². The van der Waals surface area contributed by atoms with Crippen LogP contribution < -0.4 is 10.6 Å². The number of hydrogen-bond acceptors (Lipinski definition) is 7. The third-order valence-electron chi connectivity index (χ3n) is 6.04. The number of aryl methyl sites for hydroxylation is 2. The van der Waals surface area contributed by atoms with E-state index in [9.17, 15) is 9.18 Å². The molecule has 0 unspecified atom stereocenters. The van der Waals surface area contributed by atoms with Crippen LogP contribution in [0.4, 0.5) is 16.2 Å². The van der Waals surface area contributed by atoms with E-state index in [1.807, 2.05) is 17.0 Å². The van der Waals surface area contributed by atoms with E-state index in [4.69, 9.17) is 22.3 Å². The van der Waals surface area contributed by atoms with Gasteiger partial charge in [0, 0.05) is 37.6 Å². The third kappa shape index (κ3) is 5.52. The van der Waals surface area contributed by atoms with Crippen molar-refractivity contribution in [3.8, 4) is 0 Å². The van der Waals surface area contributed by atoms with Crippen molar-refractivity contribution in [2.75, 3.05) is 36.8 Å². The highest BCUT2D eigenvalue weighted by atomic mass is 35.5. The highest BCUT2D eigenvalue weighted by molar-refractivity contribution is 7.18. The van der Waals surface area contributed by atoms with Crippen molar-refractivity contribution < 1.29 is 9.18 Å². The Bertz CT molecular complexity index is 1340. The minimum Gasteiger partial charge on any atom is -0.368 e. The number of nitrogens with two attached hydrogens (primary N) is 1. The summed E-state index contributed by atoms with van der Waals surface area (Å²) in [7, 11) is 0. The maximum absolute atomic E-state index is 13.2. The van der Waals surface area contributed by atoms with Crippen molar-refractivity contribution in [1.29, 1.82) is 0 Å². The minimum atomic E-state index is -0.240. The predicted octanol–water partition coefficient (Wildman–Crippen LogP) is 4.14. The summed E-state index contributed by atoms with van der Waals surface area (Å²) in [6, 6.07) is 13.9. The normalized spacial score (nSPS) is 14.0. The van der Waals surface area contributed by atoms with Crippen LogP contribution >= 0.6 is 22.9 Å². The molecule has 0 radical (unpaired) electrons. The van der Waals surface area contributed by atoms with Crippen LogP contribution in [0.3, 0.4) is 0 Å². The Kier molecular flexibility index (Phi) is 6.79. The van der Waals surface area contributed by atoms with E-state index >= 15 is 0 Å². The molecule has 0 aliphatic carbocycles. The first-order valence-corrected chi connectivity index (χ1v) is 12.6. The van der Waals surface area contributed by atoms with Crippen LogP contribution in [0.25, 0.3) is 10.3 Å². The van der Waals surface area contributed by atoms with E-state index in [1.165, 1.54) is 23.5 Å². The second-order valence-electron chi connectivity index (χ2n) is 8.46. The van der Waals surface area contributed by atoms with Crippen LogP contribution in [0.1, 0.15) is 16.1 Å². The SMILES string of the molecule is Nc1nc(N2CCN(C(=O)Cc3ccc(Cl)cc3)CC2)c2nc(CCc3ccc(F)cc3)sc2n1. The molecule has 0 bridgehead atoms. The summed E-state index contributed by atoms with van der Waals surface area (Å²) < 4.78 is 13.2. The molecule has 35 heavy (non-hydrogen) atoms. The van der Waals surface area contributed by atoms with Gasteiger partial charge in [-0.15, -0.1) is 0 Å². The van der Waals surface area contributed by atoms with Gasteiger partial charge in [0.25, 0.3) is 0 Å². The molecule has 0 saturated carbocycles. The first-order valence-electron chi connectivity index (χ1n) is 11.4. The number of carbonyl (C=O) groups is 1. The molecule has 2 aromatic carbocycles. The lowest BCUT2D eigenvalue weighted by Gasteiger charge is -2.35. The molecule has 1 aliphatic heterocycles. The van der Waals surface area contributed by atoms with Gasteiger partial charge in [-0.05, 0) is 41.8 Å². The number of aromatic nitrogens is 3. The van der Waals surface area contributed by atoms with E-state index in [0.717, 1.165) is 39.3 Å². The maximum atomic E-state index is 13.2. The quantitative estimate of drug-likeness (QED) is 0.419. The van der Waals surface area contributed by atoms with Crippen LogP contribution in [0.15, 0.2) is 48.5 Å². The Morgan fingerprint density at radius 2 is 1.63 bits per heavy atom. The van der Waals surface area contributed by atoms with Crippen LogP contribution in [0, 0.1) is 5.82 Å². The molecular formula is C25H24ClFN6OS. The average Bonchev–Trinajstić information content (AvgIpc) is 3.27. The molecule has 0 spiro atoms. The maximum Gasteiger partial charge on any atom is 0.227 e. The first-order chi connectivity index (χ1) is 16.9. The number of halogens is 2. The Morgan fingerprint density at radius 3 is 2.34 bits per heavy atom. The van der Waals surface area contributed by atoms with Gasteiger partial charge in [-0.25, -0.2) is 14.4 Å². The number of piperazine rings is 1. The molecule has 1 amide bonds. The fraction of sp³-hybridized carbons (Fsp3) is 0.280. The lowest BCUT2D eigenvalue weighted by atomic mass is 10.1. The number of nitrogen functional groups attached to an aromatic ring is 1. The van der Waals surface area contributed by atoms with Crippen LogP contribution in [0.5, 0.6) is 0 Å². The largest absolute Gasteiger partial charge is 0.368 e. The number of nitrogens with zero attached hydrogens (tertiary/aromatic N) is 5. The second-order valence-corrected chi connectivity index (χ2v) is 9.96. The highest BCUT2D eigenvalue weighted by Crippen LogP contribution is 2.30. The monoisotopic (exact) mass is 510 g/mol. The van der Waals surface area contributed by atoms with Gasteiger partial charge < -0.3 is 15.5 Å². The lowest BCUT2D eigenvalue weighted by Crippen LogP contribution is -2.49. The number of hydrogen-bond donors (Lipinski definition) is 1.